The Bertz CT molecular complexity index is 224. The molecular weight excluding hydrogens is 216 g/mol. The van der Waals surface area contributed by atoms with Gasteiger partial charge in [0.05, 0.1) is 0 Å². The molecule has 0 aliphatic heterocycles. The quantitative estimate of drug-likeness (QED) is 0.277. The first-order valence-corrected chi connectivity index (χ1v) is 6.77. The summed E-state index contributed by atoms with van der Waals surface area (Å²) in [4.78, 5) is 5.10. The van der Waals surface area contributed by atoms with Crippen LogP contribution in [0.15, 0.2) is 29.2 Å². The van der Waals surface area contributed by atoms with Gasteiger partial charge < -0.3 is 0 Å². The summed E-state index contributed by atoms with van der Waals surface area (Å²) in [5, 5.41) is 8.05. The van der Waals surface area contributed by atoms with Gasteiger partial charge in [0, 0.05) is 4.90 Å². The Labute approximate surface area is 93.4 Å². The number of hydrogen-bond donors (Lipinski definition) is 1. The lowest BCUT2D eigenvalue weighted by molar-refractivity contribution is -0.222. The van der Waals surface area contributed by atoms with Gasteiger partial charge in [-0.05, 0) is 19.1 Å². The normalized spacial score (nSPS) is 9.14. The van der Waals surface area contributed by atoms with Gasteiger partial charge in [0.2, 0.25) is 0 Å². The smallest absolute Gasteiger partial charge is 0.138 e. The van der Waals surface area contributed by atoms with Crippen LogP contribution in [0.25, 0.3) is 0 Å². The second-order valence-electron chi connectivity index (χ2n) is 2.26. The van der Waals surface area contributed by atoms with Crippen LogP contribution in [0.5, 0.6) is 0 Å². The molecule has 1 aromatic rings. The van der Waals surface area contributed by atoms with Gasteiger partial charge in [0.15, 0.2) is 0 Å². The fraction of sp³-hybridized carbons (Fsp3) is 0.400. The molecule has 0 saturated carbocycles. The molecule has 0 bridgehead atoms. The van der Waals surface area contributed by atoms with Gasteiger partial charge in [-0.3, -0.25) is 5.26 Å². The van der Waals surface area contributed by atoms with E-state index in [0.29, 0.717) is 5.94 Å². The molecule has 1 aromatic carbocycles. The van der Waals surface area contributed by atoms with Gasteiger partial charge in [-0.1, -0.05) is 53.1 Å². The lowest BCUT2D eigenvalue weighted by Gasteiger charge is -1.98. The summed E-state index contributed by atoms with van der Waals surface area (Å²) in [6.45, 7) is 6.05. The maximum Gasteiger partial charge on any atom is 0.138 e. The molecule has 0 atom stereocenters. The fourth-order valence-electron chi connectivity index (χ4n) is 0.707. The number of aryl methyl sites for hydroxylation is 1. The van der Waals surface area contributed by atoms with Crippen LogP contribution in [0.2, 0.25) is 0 Å². The summed E-state index contributed by atoms with van der Waals surface area (Å²) >= 11 is 0. The lowest BCUT2D eigenvalue weighted by Crippen LogP contribution is -1.77. The van der Waals surface area contributed by atoms with E-state index in [1.807, 2.05) is 26.0 Å². The zero-order valence-corrected chi connectivity index (χ0v) is 10.3. The van der Waals surface area contributed by atoms with Crippen molar-refractivity contribution in [3.63, 3.8) is 0 Å². The second kappa shape index (κ2) is 9.40. The van der Waals surface area contributed by atoms with Crippen molar-refractivity contribution in [3.05, 3.63) is 29.8 Å². The predicted molar refractivity (Wildman–Crippen MR) is 64.6 cm³/mol. The van der Waals surface area contributed by atoms with Gasteiger partial charge >= 0.3 is 0 Å². The van der Waals surface area contributed by atoms with E-state index in [1.54, 1.807) is 10.8 Å². The van der Waals surface area contributed by atoms with Crippen LogP contribution < -0.4 is 0 Å². The van der Waals surface area contributed by atoms with Crippen molar-refractivity contribution >= 4 is 21.6 Å². The molecule has 0 heterocycles. The SMILES string of the molecule is CC.Cc1ccc(SSCOO)cc1. The van der Waals surface area contributed by atoms with Gasteiger partial charge in [-0.15, -0.1) is 0 Å². The Morgan fingerprint density at radius 1 is 1.21 bits per heavy atom. The van der Waals surface area contributed by atoms with Crippen molar-refractivity contribution in [1.29, 1.82) is 0 Å². The van der Waals surface area contributed by atoms with Gasteiger partial charge in [0.25, 0.3) is 0 Å². The summed E-state index contributed by atoms with van der Waals surface area (Å²) in [6, 6.07) is 8.21. The highest BCUT2D eigenvalue weighted by Gasteiger charge is 1.93. The maximum atomic E-state index is 8.05. The molecule has 0 fully saturated rings. The number of rotatable bonds is 4. The molecule has 0 aliphatic carbocycles. The second-order valence-corrected chi connectivity index (χ2v) is 4.58. The molecule has 0 aliphatic rings. The summed E-state index contributed by atoms with van der Waals surface area (Å²) in [5.41, 5.74) is 1.25. The van der Waals surface area contributed by atoms with Crippen LogP contribution in [0.1, 0.15) is 19.4 Å². The first-order valence-electron chi connectivity index (χ1n) is 4.45. The van der Waals surface area contributed by atoms with Crippen molar-refractivity contribution in [2.45, 2.75) is 25.7 Å². The minimum atomic E-state index is 0.290. The third-order valence-corrected chi connectivity index (χ3v) is 3.28. The minimum absolute atomic E-state index is 0.290. The molecule has 1 N–H and O–H groups in total. The molecule has 0 amide bonds. The van der Waals surface area contributed by atoms with Crippen LogP contribution in [-0.4, -0.2) is 11.2 Å². The van der Waals surface area contributed by atoms with Crippen LogP contribution in [0, 0.1) is 6.92 Å². The first-order chi connectivity index (χ1) is 6.83. The van der Waals surface area contributed by atoms with E-state index in [9.17, 15) is 0 Å². The predicted octanol–water partition coefficient (Wildman–Crippen LogP) is 4.21. The maximum absolute atomic E-state index is 8.05. The monoisotopic (exact) mass is 232 g/mol. The highest BCUT2D eigenvalue weighted by Crippen LogP contribution is 2.30. The first kappa shape index (κ1) is 13.8. The molecule has 0 spiro atoms. The highest BCUT2D eigenvalue weighted by atomic mass is 33.1. The molecule has 0 radical (unpaired) electrons. The summed E-state index contributed by atoms with van der Waals surface area (Å²) in [6.07, 6.45) is 0. The molecule has 14 heavy (non-hydrogen) atoms. The van der Waals surface area contributed by atoms with E-state index in [2.05, 4.69) is 23.9 Å². The van der Waals surface area contributed by atoms with Gasteiger partial charge in [-0.2, -0.15) is 0 Å². The van der Waals surface area contributed by atoms with Crippen LogP contribution in [-0.2, 0) is 4.89 Å². The largest absolute Gasteiger partial charge is 0.251 e. The Balaban J connectivity index is 0.000000791. The van der Waals surface area contributed by atoms with Crippen LogP contribution in [0.3, 0.4) is 0 Å². The molecule has 80 valence electrons. The summed E-state index contributed by atoms with van der Waals surface area (Å²) in [5.74, 6) is 0.290. The number of benzene rings is 1. The third kappa shape index (κ3) is 6.32. The standard InChI is InChI=1S/C8H10O2S2.C2H6/c1-7-2-4-8(5-3-7)12-11-6-10-9;1-2/h2-5,9H,6H2,1H3;1-2H3. The molecule has 0 aromatic heterocycles. The van der Waals surface area contributed by atoms with Gasteiger partial charge in [-0.25, -0.2) is 4.89 Å². The van der Waals surface area contributed by atoms with E-state index >= 15 is 0 Å². The summed E-state index contributed by atoms with van der Waals surface area (Å²) < 4.78 is 0. The van der Waals surface area contributed by atoms with Crippen LogP contribution in [0.4, 0.5) is 0 Å². The highest BCUT2D eigenvalue weighted by molar-refractivity contribution is 8.76. The minimum Gasteiger partial charge on any atom is -0.251 e. The Morgan fingerprint density at radius 2 is 1.79 bits per heavy atom. The summed E-state index contributed by atoms with van der Waals surface area (Å²) in [7, 11) is 3.04. The average molecular weight is 232 g/mol. The Hall–Kier alpha value is -0.160. The molecule has 0 unspecified atom stereocenters. The lowest BCUT2D eigenvalue weighted by atomic mass is 10.2. The van der Waals surface area contributed by atoms with Crippen molar-refractivity contribution in [2.75, 3.05) is 5.94 Å². The van der Waals surface area contributed by atoms with E-state index < -0.39 is 0 Å². The number of hydrogen-bond acceptors (Lipinski definition) is 4. The molecule has 2 nitrogen and oxygen atoms in total. The Kier molecular flexibility index (Phi) is 9.29. The van der Waals surface area contributed by atoms with Crippen LogP contribution >= 0.6 is 21.6 Å². The van der Waals surface area contributed by atoms with E-state index in [1.165, 1.54) is 21.3 Å². The van der Waals surface area contributed by atoms with E-state index in [-0.39, 0.29) is 0 Å². The van der Waals surface area contributed by atoms with Crippen molar-refractivity contribution in [1.82, 2.24) is 0 Å². The zero-order chi connectivity index (χ0) is 10.8. The zero-order valence-electron chi connectivity index (χ0n) is 8.69. The molecular formula is C10H16O2S2. The van der Waals surface area contributed by atoms with E-state index in [0.717, 1.165) is 0 Å². The molecule has 0 saturated heterocycles. The van der Waals surface area contributed by atoms with Crippen molar-refractivity contribution in [2.24, 2.45) is 0 Å². The van der Waals surface area contributed by atoms with Crippen molar-refractivity contribution in [3.8, 4) is 0 Å². The molecule has 4 heteroatoms. The Morgan fingerprint density at radius 3 is 2.29 bits per heavy atom. The third-order valence-electron chi connectivity index (χ3n) is 1.28. The van der Waals surface area contributed by atoms with Gasteiger partial charge in [0.1, 0.15) is 5.94 Å². The topological polar surface area (TPSA) is 29.5 Å². The molecule has 1 rings (SSSR count). The van der Waals surface area contributed by atoms with E-state index in [4.69, 9.17) is 5.26 Å². The fourth-order valence-corrected chi connectivity index (χ4v) is 2.20. The average Bonchev–Trinajstić information content (AvgIpc) is 2.24. The van der Waals surface area contributed by atoms with Crippen molar-refractivity contribution < 1.29 is 10.1 Å².